The van der Waals surface area contributed by atoms with Crippen LogP contribution in [0.4, 0.5) is 0 Å². The van der Waals surface area contributed by atoms with Crippen molar-refractivity contribution < 1.29 is 4.79 Å². The summed E-state index contributed by atoms with van der Waals surface area (Å²) in [7, 11) is 0. The standard InChI is InChI=1S/C10H19NO/c1-8(2)10(4)6-5-7-11(10)9(3)12/h8H,5-7H2,1-4H3/t10-/m0/s1. The van der Waals surface area contributed by atoms with Gasteiger partial charge in [-0.25, -0.2) is 0 Å². The number of amides is 1. The Balaban J connectivity index is 2.81. The van der Waals surface area contributed by atoms with Gasteiger partial charge in [0.1, 0.15) is 0 Å². The van der Waals surface area contributed by atoms with Gasteiger partial charge >= 0.3 is 0 Å². The first-order valence-corrected chi connectivity index (χ1v) is 4.76. The summed E-state index contributed by atoms with van der Waals surface area (Å²) in [5, 5.41) is 0. The van der Waals surface area contributed by atoms with Crippen LogP contribution in [0.5, 0.6) is 0 Å². The predicted molar refractivity (Wildman–Crippen MR) is 49.9 cm³/mol. The number of rotatable bonds is 1. The van der Waals surface area contributed by atoms with Crippen LogP contribution < -0.4 is 0 Å². The number of carbonyl (C=O) groups excluding carboxylic acids is 1. The Morgan fingerprint density at radius 1 is 1.50 bits per heavy atom. The zero-order chi connectivity index (χ0) is 9.35. The minimum atomic E-state index is 0.117. The van der Waals surface area contributed by atoms with E-state index < -0.39 is 0 Å². The van der Waals surface area contributed by atoms with Gasteiger partial charge < -0.3 is 4.90 Å². The fourth-order valence-corrected chi connectivity index (χ4v) is 2.10. The molecule has 0 radical (unpaired) electrons. The van der Waals surface area contributed by atoms with Gasteiger partial charge in [0.05, 0.1) is 0 Å². The lowest BCUT2D eigenvalue weighted by molar-refractivity contribution is -0.133. The number of hydrogen-bond donors (Lipinski definition) is 0. The number of nitrogens with zero attached hydrogens (tertiary/aromatic N) is 1. The van der Waals surface area contributed by atoms with E-state index in [4.69, 9.17) is 0 Å². The summed E-state index contributed by atoms with van der Waals surface area (Å²) in [5.41, 5.74) is 0.117. The monoisotopic (exact) mass is 169 g/mol. The van der Waals surface area contributed by atoms with Crippen LogP contribution in [-0.2, 0) is 4.79 Å². The second kappa shape index (κ2) is 3.08. The van der Waals surface area contributed by atoms with Crippen molar-refractivity contribution in [2.24, 2.45) is 5.92 Å². The average Bonchev–Trinajstić information content (AvgIpc) is 2.32. The van der Waals surface area contributed by atoms with E-state index in [-0.39, 0.29) is 11.4 Å². The molecule has 2 heteroatoms. The van der Waals surface area contributed by atoms with Crippen LogP contribution >= 0.6 is 0 Å². The van der Waals surface area contributed by atoms with Crippen LogP contribution in [-0.4, -0.2) is 22.9 Å². The third-order valence-corrected chi connectivity index (χ3v) is 3.31. The van der Waals surface area contributed by atoms with Crippen molar-refractivity contribution in [1.82, 2.24) is 4.90 Å². The summed E-state index contributed by atoms with van der Waals surface area (Å²) >= 11 is 0. The van der Waals surface area contributed by atoms with E-state index in [0.29, 0.717) is 5.92 Å². The summed E-state index contributed by atoms with van der Waals surface area (Å²) in [5.74, 6) is 0.785. The molecule has 0 saturated carbocycles. The Morgan fingerprint density at radius 3 is 2.42 bits per heavy atom. The number of carbonyl (C=O) groups is 1. The molecule has 1 amide bonds. The summed E-state index contributed by atoms with van der Waals surface area (Å²) in [6.45, 7) is 9.21. The zero-order valence-electron chi connectivity index (χ0n) is 8.55. The maximum absolute atomic E-state index is 11.3. The van der Waals surface area contributed by atoms with E-state index in [1.807, 2.05) is 4.90 Å². The highest BCUT2D eigenvalue weighted by Gasteiger charge is 2.40. The van der Waals surface area contributed by atoms with Crippen LogP contribution in [0.1, 0.15) is 40.5 Å². The van der Waals surface area contributed by atoms with Gasteiger partial charge in [0.2, 0.25) is 5.91 Å². The quantitative estimate of drug-likeness (QED) is 0.588. The molecule has 70 valence electrons. The maximum Gasteiger partial charge on any atom is 0.219 e. The first-order valence-electron chi connectivity index (χ1n) is 4.76. The summed E-state index contributed by atoms with van der Waals surface area (Å²) in [6, 6.07) is 0. The number of hydrogen-bond acceptors (Lipinski definition) is 1. The Kier molecular flexibility index (Phi) is 2.45. The normalized spacial score (nSPS) is 29.9. The maximum atomic E-state index is 11.3. The Bertz CT molecular complexity index is 188. The molecular weight excluding hydrogens is 150 g/mol. The van der Waals surface area contributed by atoms with Crippen LogP contribution in [0.3, 0.4) is 0 Å². The van der Waals surface area contributed by atoms with Gasteiger partial charge in [0.25, 0.3) is 0 Å². The van der Waals surface area contributed by atoms with Gasteiger partial charge in [-0.1, -0.05) is 13.8 Å². The Hall–Kier alpha value is -0.530. The molecule has 1 aliphatic rings. The van der Waals surface area contributed by atoms with Gasteiger partial charge in [-0.15, -0.1) is 0 Å². The van der Waals surface area contributed by atoms with Crippen molar-refractivity contribution in [2.45, 2.75) is 46.1 Å². The average molecular weight is 169 g/mol. The molecule has 1 fully saturated rings. The Labute approximate surface area is 74.9 Å². The zero-order valence-corrected chi connectivity index (χ0v) is 8.55. The second-order valence-corrected chi connectivity index (χ2v) is 4.29. The highest BCUT2D eigenvalue weighted by molar-refractivity contribution is 5.74. The van der Waals surface area contributed by atoms with Gasteiger partial charge in [0, 0.05) is 19.0 Å². The molecule has 0 unspecified atom stereocenters. The van der Waals surface area contributed by atoms with Crippen LogP contribution in [0.2, 0.25) is 0 Å². The summed E-state index contributed by atoms with van der Waals surface area (Å²) < 4.78 is 0. The molecule has 0 N–H and O–H groups in total. The lowest BCUT2D eigenvalue weighted by Gasteiger charge is -2.38. The molecule has 1 atom stereocenters. The molecule has 0 aliphatic carbocycles. The first-order chi connectivity index (χ1) is 5.48. The molecule has 0 aromatic heterocycles. The third-order valence-electron chi connectivity index (χ3n) is 3.31. The van der Waals surface area contributed by atoms with Gasteiger partial charge in [-0.2, -0.15) is 0 Å². The van der Waals surface area contributed by atoms with Crippen molar-refractivity contribution in [1.29, 1.82) is 0 Å². The van der Waals surface area contributed by atoms with Crippen molar-refractivity contribution in [3.05, 3.63) is 0 Å². The fourth-order valence-electron chi connectivity index (χ4n) is 2.10. The van der Waals surface area contributed by atoms with E-state index in [2.05, 4.69) is 20.8 Å². The first kappa shape index (κ1) is 9.56. The van der Waals surface area contributed by atoms with Crippen molar-refractivity contribution >= 4 is 5.91 Å². The summed E-state index contributed by atoms with van der Waals surface area (Å²) in [4.78, 5) is 13.3. The van der Waals surface area contributed by atoms with Gasteiger partial charge in [-0.3, -0.25) is 4.79 Å². The van der Waals surface area contributed by atoms with Crippen molar-refractivity contribution in [3.8, 4) is 0 Å². The lowest BCUT2D eigenvalue weighted by Crippen LogP contribution is -2.47. The van der Waals surface area contributed by atoms with E-state index in [1.165, 1.54) is 0 Å². The minimum absolute atomic E-state index is 0.117. The van der Waals surface area contributed by atoms with Crippen LogP contribution in [0.25, 0.3) is 0 Å². The van der Waals surface area contributed by atoms with E-state index >= 15 is 0 Å². The minimum Gasteiger partial charge on any atom is -0.337 e. The molecular formula is C10H19NO. The molecule has 2 nitrogen and oxygen atoms in total. The lowest BCUT2D eigenvalue weighted by atomic mass is 9.86. The molecule has 0 aromatic carbocycles. The molecule has 12 heavy (non-hydrogen) atoms. The topological polar surface area (TPSA) is 20.3 Å². The highest BCUT2D eigenvalue weighted by atomic mass is 16.2. The molecule has 0 aromatic rings. The Morgan fingerprint density at radius 2 is 2.08 bits per heavy atom. The molecule has 0 bridgehead atoms. The fraction of sp³-hybridized carbons (Fsp3) is 0.900. The smallest absolute Gasteiger partial charge is 0.219 e. The highest BCUT2D eigenvalue weighted by Crippen LogP contribution is 2.35. The molecule has 0 spiro atoms. The SMILES string of the molecule is CC(=O)N1CCC[C@@]1(C)C(C)C. The van der Waals surface area contributed by atoms with Crippen LogP contribution in [0.15, 0.2) is 0 Å². The summed E-state index contributed by atoms with van der Waals surface area (Å²) in [6.07, 6.45) is 2.32. The van der Waals surface area contributed by atoms with E-state index in [1.54, 1.807) is 6.92 Å². The second-order valence-electron chi connectivity index (χ2n) is 4.29. The van der Waals surface area contributed by atoms with Crippen molar-refractivity contribution in [2.75, 3.05) is 6.54 Å². The molecule has 1 heterocycles. The van der Waals surface area contributed by atoms with Gasteiger partial charge in [-0.05, 0) is 25.7 Å². The molecule has 1 aliphatic heterocycles. The van der Waals surface area contributed by atoms with Crippen LogP contribution in [0, 0.1) is 5.92 Å². The van der Waals surface area contributed by atoms with E-state index in [0.717, 1.165) is 19.4 Å². The largest absolute Gasteiger partial charge is 0.337 e. The number of likely N-dealkylation sites (tertiary alicyclic amines) is 1. The van der Waals surface area contributed by atoms with Gasteiger partial charge in [0.15, 0.2) is 0 Å². The van der Waals surface area contributed by atoms with Crippen molar-refractivity contribution in [3.63, 3.8) is 0 Å². The predicted octanol–water partition coefficient (Wildman–Crippen LogP) is 2.04. The molecule has 1 saturated heterocycles. The third kappa shape index (κ3) is 1.35. The van der Waals surface area contributed by atoms with E-state index in [9.17, 15) is 4.79 Å². The molecule has 1 rings (SSSR count).